The second kappa shape index (κ2) is 9.25. The number of rotatable bonds is 6. The summed E-state index contributed by atoms with van der Waals surface area (Å²) in [6, 6.07) is 14.5. The third kappa shape index (κ3) is 4.50. The number of carbonyl (C=O) groups is 1. The summed E-state index contributed by atoms with van der Waals surface area (Å²) in [6.07, 6.45) is 1.38. The summed E-state index contributed by atoms with van der Waals surface area (Å²) >= 11 is 6.44. The summed E-state index contributed by atoms with van der Waals surface area (Å²) in [7, 11) is 0. The maximum atomic E-state index is 13.2. The average molecular weight is 425 g/mol. The highest BCUT2D eigenvalue weighted by Gasteiger charge is 2.17. The highest BCUT2D eigenvalue weighted by molar-refractivity contribution is 6.31. The molecule has 0 saturated heterocycles. The fraction of sp³-hybridized carbons (Fsp3) is 0.136. The molecule has 3 aromatic rings. The quantitative estimate of drug-likeness (QED) is 0.450. The van der Waals surface area contributed by atoms with E-state index in [1.807, 2.05) is 13.0 Å². The van der Waals surface area contributed by atoms with Crippen LogP contribution in [0.1, 0.15) is 18.2 Å². The first-order chi connectivity index (χ1) is 14.4. The number of nitrogens with one attached hydrogen (secondary N) is 1. The molecule has 0 saturated carbocycles. The lowest BCUT2D eigenvalue weighted by molar-refractivity contribution is -0.112. The Bertz CT molecular complexity index is 1150. The van der Waals surface area contributed by atoms with Crippen molar-refractivity contribution in [3.8, 4) is 17.5 Å². The zero-order chi connectivity index (χ0) is 21.7. The number of nitriles is 1. The molecular weight excluding hydrogens is 407 g/mol. The standard InChI is InChI=1S/C22H18ClFN4O2/c1-3-30-20-7-5-4-6-19(20)26-22(29)15(13-25)12-18-14(2)27-28(21(18)23)17-10-8-16(24)9-11-17/h4-12H,3H2,1-2H3,(H,26,29). The number of aryl methyl sites for hydroxylation is 1. The van der Waals surface area contributed by atoms with E-state index >= 15 is 0 Å². The van der Waals surface area contributed by atoms with Gasteiger partial charge in [-0.25, -0.2) is 9.07 Å². The van der Waals surface area contributed by atoms with Crippen LogP contribution in [0.4, 0.5) is 10.1 Å². The van der Waals surface area contributed by atoms with Crippen molar-refractivity contribution in [2.75, 3.05) is 11.9 Å². The first-order valence-corrected chi connectivity index (χ1v) is 9.48. The Labute approximate surface area is 178 Å². The lowest BCUT2D eigenvalue weighted by atomic mass is 10.1. The molecule has 152 valence electrons. The van der Waals surface area contributed by atoms with Crippen LogP contribution >= 0.6 is 11.6 Å². The van der Waals surface area contributed by atoms with Crippen molar-refractivity contribution in [1.29, 1.82) is 5.26 Å². The third-order valence-corrected chi connectivity index (χ3v) is 4.57. The van der Waals surface area contributed by atoms with Crippen LogP contribution in [-0.2, 0) is 4.79 Å². The molecule has 0 bridgehead atoms. The highest BCUT2D eigenvalue weighted by atomic mass is 35.5. The van der Waals surface area contributed by atoms with Crippen molar-refractivity contribution in [3.05, 3.63) is 76.3 Å². The number of para-hydroxylation sites is 2. The number of carbonyl (C=O) groups excluding carboxylic acids is 1. The number of hydrogen-bond donors (Lipinski definition) is 1. The highest BCUT2D eigenvalue weighted by Crippen LogP contribution is 2.27. The zero-order valence-corrected chi connectivity index (χ0v) is 17.1. The maximum Gasteiger partial charge on any atom is 0.266 e. The number of halogens is 2. The van der Waals surface area contributed by atoms with Gasteiger partial charge in [0.25, 0.3) is 5.91 Å². The molecule has 2 aromatic carbocycles. The number of aromatic nitrogens is 2. The first-order valence-electron chi connectivity index (χ1n) is 9.10. The molecule has 1 amide bonds. The smallest absolute Gasteiger partial charge is 0.266 e. The van der Waals surface area contributed by atoms with Crippen LogP contribution in [0, 0.1) is 24.1 Å². The number of benzene rings is 2. The van der Waals surface area contributed by atoms with Gasteiger partial charge < -0.3 is 10.1 Å². The van der Waals surface area contributed by atoms with Crippen LogP contribution in [-0.4, -0.2) is 22.3 Å². The minimum atomic E-state index is -0.602. The molecule has 0 atom stereocenters. The van der Waals surface area contributed by atoms with Crippen LogP contribution in [0.15, 0.2) is 54.1 Å². The second-order valence-corrected chi connectivity index (χ2v) is 6.59. The van der Waals surface area contributed by atoms with E-state index in [9.17, 15) is 14.4 Å². The lowest BCUT2D eigenvalue weighted by Gasteiger charge is -2.10. The van der Waals surface area contributed by atoms with E-state index in [2.05, 4.69) is 10.4 Å². The van der Waals surface area contributed by atoms with E-state index < -0.39 is 5.91 Å². The van der Waals surface area contributed by atoms with E-state index in [0.717, 1.165) is 0 Å². The van der Waals surface area contributed by atoms with Gasteiger partial charge in [-0.2, -0.15) is 10.4 Å². The predicted molar refractivity (Wildman–Crippen MR) is 113 cm³/mol. The third-order valence-electron chi connectivity index (χ3n) is 4.21. The molecule has 0 radical (unpaired) electrons. The molecule has 0 unspecified atom stereocenters. The molecule has 0 fully saturated rings. The van der Waals surface area contributed by atoms with Crippen molar-refractivity contribution in [1.82, 2.24) is 9.78 Å². The van der Waals surface area contributed by atoms with E-state index in [1.54, 1.807) is 31.2 Å². The zero-order valence-electron chi connectivity index (χ0n) is 16.3. The minimum absolute atomic E-state index is 0.148. The summed E-state index contributed by atoms with van der Waals surface area (Å²) in [5.41, 5.74) is 1.79. The van der Waals surface area contributed by atoms with Gasteiger partial charge in [-0.15, -0.1) is 0 Å². The lowest BCUT2D eigenvalue weighted by Crippen LogP contribution is -2.14. The molecule has 0 spiro atoms. The Balaban J connectivity index is 1.92. The van der Waals surface area contributed by atoms with Gasteiger partial charge >= 0.3 is 0 Å². The van der Waals surface area contributed by atoms with Crippen molar-refractivity contribution in [3.63, 3.8) is 0 Å². The summed E-state index contributed by atoms with van der Waals surface area (Å²) in [4.78, 5) is 12.7. The Morgan fingerprint density at radius 3 is 2.67 bits per heavy atom. The van der Waals surface area contributed by atoms with Crippen LogP contribution in [0.25, 0.3) is 11.8 Å². The van der Waals surface area contributed by atoms with Crippen molar-refractivity contribution in [2.45, 2.75) is 13.8 Å². The minimum Gasteiger partial charge on any atom is -0.492 e. The summed E-state index contributed by atoms with van der Waals surface area (Å²) in [5, 5.41) is 16.7. The number of ether oxygens (including phenoxy) is 1. The Morgan fingerprint density at radius 1 is 1.30 bits per heavy atom. The Morgan fingerprint density at radius 2 is 2.00 bits per heavy atom. The molecule has 1 aromatic heterocycles. The number of nitrogens with zero attached hydrogens (tertiary/aromatic N) is 3. The maximum absolute atomic E-state index is 13.2. The van der Waals surface area contributed by atoms with E-state index in [0.29, 0.717) is 35.0 Å². The van der Waals surface area contributed by atoms with Crippen LogP contribution in [0.3, 0.4) is 0 Å². The molecule has 1 heterocycles. The monoisotopic (exact) mass is 424 g/mol. The topological polar surface area (TPSA) is 79.9 Å². The second-order valence-electron chi connectivity index (χ2n) is 6.23. The molecule has 0 aliphatic heterocycles. The van der Waals surface area contributed by atoms with Gasteiger partial charge in [-0.3, -0.25) is 4.79 Å². The summed E-state index contributed by atoms with van der Waals surface area (Å²) < 4.78 is 20.1. The van der Waals surface area contributed by atoms with Gasteiger partial charge in [0.1, 0.15) is 28.4 Å². The van der Waals surface area contributed by atoms with Gasteiger partial charge in [0, 0.05) is 5.56 Å². The fourth-order valence-electron chi connectivity index (χ4n) is 2.76. The van der Waals surface area contributed by atoms with Crippen LogP contribution < -0.4 is 10.1 Å². The number of anilines is 1. The first kappa shape index (κ1) is 21.1. The molecule has 3 rings (SSSR count). The van der Waals surface area contributed by atoms with Gasteiger partial charge in [0.2, 0.25) is 0 Å². The van der Waals surface area contributed by atoms with Gasteiger partial charge in [-0.1, -0.05) is 23.7 Å². The van der Waals surface area contributed by atoms with E-state index in [-0.39, 0.29) is 16.5 Å². The SMILES string of the molecule is CCOc1ccccc1NC(=O)C(C#N)=Cc1c(C)nn(-c2ccc(F)cc2)c1Cl. The molecule has 30 heavy (non-hydrogen) atoms. The molecule has 8 heteroatoms. The van der Waals surface area contributed by atoms with E-state index in [4.69, 9.17) is 16.3 Å². The Kier molecular flexibility index (Phi) is 6.50. The van der Waals surface area contributed by atoms with Gasteiger partial charge in [-0.05, 0) is 56.3 Å². The van der Waals surface area contributed by atoms with E-state index in [1.165, 1.54) is 35.0 Å². The molecular formula is C22H18ClFN4O2. The van der Waals surface area contributed by atoms with Crippen molar-refractivity contribution >= 4 is 29.3 Å². The van der Waals surface area contributed by atoms with Crippen LogP contribution in [0.2, 0.25) is 5.15 Å². The molecule has 0 aliphatic rings. The summed E-state index contributed by atoms with van der Waals surface area (Å²) in [5.74, 6) is -0.478. The molecule has 6 nitrogen and oxygen atoms in total. The predicted octanol–water partition coefficient (Wildman–Crippen LogP) is 4.92. The number of amides is 1. The van der Waals surface area contributed by atoms with Crippen molar-refractivity contribution in [2.24, 2.45) is 0 Å². The van der Waals surface area contributed by atoms with Crippen LogP contribution in [0.5, 0.6) is 5.75 Å². The average Bonchev–Trinajstić information content (AvgIpc) is 3.02. The largest absolute Gasteiger partial charge is 0.492 e. The van der Waals surface area contributed by atoms with Gasteiger partial charge in [0.15, 0.2) is 0 Å². The summed E-state index contributed by atoms with van der Waals surface area (Å²) in [6.45, 7) is 3.98. The van der Waals surface area contributed by atoms with Gasteiger partial charge in [0.05, 0.1) is 23.7 Å². The Hall–Kier alpha value is -3.63. The fourth-order valence-corrected chi connectivity index (χ4v) is 3.09. The molecule has 0 aliphatic carbocycles. The molecule has 1 N–H and O–H groups in total. The van der Waals surface area contributed by atoms with Crippen molar-refractivity contribution < 1.29 is 13.9 Å². The number of hydrogen-bond acceptors (Lipinski definition) is 4. The normalized spacial score (nSPS) is 11.1.